The van der Waals surface area contributed by atoms with Gasteiger partial charge < -0.3 is 11.1 Å². The predicted molar refractivity (Wildman–Crippen MR) is 62.8 cm³/mol. The molecule has 2 heteroatoms. The Balaban J connectivity index is 1.78. The highest BCUT2D eigenvalue weighted by Crippen LogP contribution is 2.28. The summed E-state index contributed by atoms with van der Waals surface area (Å²) < 4.78 is 0. The molecule has 15 heavy (non-hydrogen) atoms. The van der Waals surface area contributed by atoms with Crippen LogP contribution in [0.1, 0.15) is 30.4 Å². The maximum absolute atomic E-state index is 6.02. The zero-order valence-electron chi connectivity index (χ0n) is 9.00. The molecule has 1 fully saturated rings. The third-order valence-electron chi connectivity index (χ3n) is 3.57. The summed E-state index contributed by atoms with van der Waals surface area (Å²) in [6.45, 7) is 0. The summed E-state index contributed by atoms with van der Waals surface area (Å²) in [5.41, 5.74) is 9.86. The number of fused-ring (bicyclic) bond motifs is 1. The van der Waals surface area contributed by atoms with Gasteiger partial charge in [-0.25, -0.2) is 0 Å². The summed E-state index contributed by atoms with van der Waals surface area (Å²) in [5.74, 6) is 0. The highest BCUT2D eigenvalue weighted by Gasteiger charge is 2.27. The van der Waals surface area contributed by atoms with E-state index in [0.717, 1.165) is 18.2 Å². The zero-order chi connectivity index (χ0) is 10.3. The Morgan fingerprint density at radius 1 is 1.13 bits per heavy atom. The molecule has 0 radical (unpaired) electrons. The van der Waals surface area contributed by atoms with Crippen LogP contribution in [0.2, 0.25) is 0 Å². The van der Waals surface area contributed by atoms with Crippen molar-refractivity contribution in [3.8, 4) is 0 Å². The Kier molecular flexibility index (Phi) is 2.17. The Morgan fingerprint density at radius 2 is 2.00 bits per heavy atom. The molecule has 0 aromatic heterocycles. The Labute approximate surface area is 90.9 Å². The molecule has 3 N–H and O–H groups in total. The topological polar surface area (TPSA) is 38.0 Å². The van der Waals surface area contributed by atoms with Crippen molar-refractivity contribution in [1.29, 1.82) is 0 Å². The minimum Gasteiger partial charge on any atom is -0.398 e. The van der Waals surface area contributed by atoms with E-state index in [1.165, 1.54) is 36.8 Å². The number of hydrogen-bond donors (Lipinski definition) is 2. The number of anilines is 1. The molecular weight excluding hydrogens is 184 g/mol. The van der Waals surface area contributed by atoms with Gasteiger partial charge in [-0.1, -0.05) is 12.1 Å². The van der Waals surface area contributed by atoms with Gasteiger partial charge in [0.15, 0.2) is 0 Å². The van der Waals surface area contributed by atoms with Crippen LogP contribution in [0.3, 0.4) is 0 Å². The molecule has 0 heterocycles. The molecule has 0 amide bonds. The van der Waals surface area contributed by atoms with Crippen LogP contribution in [0.15, 0.2) is 18.2 Å². The van der Waals surface area contributed by atoms with Crippen LogP contribution in [0, 0.1) is 0 Å². The number of aryl methyl sites for hydroxylation is 1. The number of nitrogens with one attached hydrogen (secondary N) is 1. The van der Waals surface area contributed by atoms with Gasteiger partial charge in [0, 0.05) is 17.8 Å². The van der Waals surface area contributed by atoms with E-state index in [4.69, 9.17) is 5.73 Å². The lowest BCUT2D eigenvalue weighted by Gasteiger charge is -2.26. The third-order valence-corrected chi connectivity index (χ3v) is 3.57. The quantitative estimate of drug-likeness (QED) is 0.719. The fourth-order valence-electron chi connectivity index (χ4n) is 2.54. The van der Waals surface area contributed by atoms with Crippen molar-refractivity contribution in [3.05, 3.63) is 29.3 Å². The van der Waals surface area contributed by atoms with Crippen LogP contribution in [-0.4, -0.2) is 12.1 Å². The van der Waals surface area contributed by atoms with Gasteiger partial charge in [-0.3, -0.25) is 0 Å². The first kappa shape index (κ1) is 9.22. The van der Waals surface area contributed by atoms with Crippen LogP contribution in [0.4, 0.5) is 5.69 Å². The lowest BCUT2D eigenvalue weighted by Crippen LogP contribution is -2.36. The minimum atomic E-state index is 0.662. The van der Waals surface area contributed by atoms with Gasteiger partial charge in [-0.15, -0.1) is 0 Å². The van der Waals surface area contributed by atoms with E-state index in [1.807, 2.05) is 6.07 Å². The number of nitrogens with two attached hydrogens (primary N) is 1. The summed E-state index contributed by atoms with van der Waals surface area (Å²) in [5, 5.41) is 3.71. The van der Waals surface area contributed by atoms with Gasteiger partial charge in [0.1, 0.15) is 0 Å². The van der Waals surface area contributed by atoms with Gasteiger partial charge in [-0.05, 0) is 49.3 Å². The van der Waals surface area contributed by atoms with Crippen molar-refractivity contribution in [2.45, 2.75) is 44.2 Å². The molecular formula is C13H18N2. The van der Waals surface area contributed by atoms with E-state index in [-0.39, 0.29) is 0 Å². The first-order valence-electron chi connectivity index (χ1n) is 5.95. The van der Waals surface area contributed by atoms with Gasteiger partial charge in [-0.2, -0.15) is 0 Å². The van der Waals surface area contributed by atoms with Crippen molar-refractivity contribution in [2.24, 2.45) is 0 Å². The van der Waals surface area contributed by atoms with Crippen molar-refractivity contribution >= 4 is 5.69 Å². The molecule has 2 aliphatic rings. The van der Waals surface area contributed by atoms with E-state index in [9.17, 15) is 0 Å². The van der Waals surface area contributed by atoms with Gasteiger partial charge in [0.25, 0.3) is 0 Å². The molecule has 1 atom stereocenters. The van der Waals surface area contributed by atoms with Crippen LogP contribution < -0.4 is 11.1 Å². The lowest BCUT2D eigenvalue weighted by molar-refractivity contribution is 0.456. The molecule has 1 aromatic rings. The van der Waals surface area contributed by atoms with E-state index in [2.05, 4.69) is 17.4 Å². The number of rotatable bonds is 2. The largest absolute Gasteiger partial charge is 0.398 e. The SMILES string of the molecule is Nc1cccc2c1CC(NC1CC1)CC2. The first-order chi connectivity index (χ1) is 7.33. The third kappa shape index (κ3) is 1.86. The first-order valence-corrected chi connectivity index (χ1v) is 5.95. The Hall–Kier alpha value is -1.02. The molecule has 2 aliphatic carbocycles. The van der Waals surface area contributed by atoms with Crippen LogP contribution in [-0.2, 0) is 12.8 Å². The molecule has 0 saturated heterocycles. The van der Waals surface area contributed by atoms with Crippen molar-refractivity contribution in [2.75, 3.05) is 5.73 Å². The average molecular weight is 202 g/mol. The van der Waals surface area contributed by atoms with Crippen LogP contribution in [0.25, 0.3) is 0 Å². The average Bonchev–Trinajstić information content (AvgIpc) is 3.03. The standard InChI is InChI=1S/C13H18N2/c14-13-3-1-2-9-4-5-11(8-12(9)13)15-10-6-7-10/h1-3,10-11,15H,4-8,14H2. The molecule has 1 aromatic carbocycles. The molecule has 1 unspecified atom stereocenters. The summed E-state index contributed by atoms with van der Waals surface area (Å²) >= 11 is 0. The smallest absolute Gasteiger partial charge is 0.0349 e. The van der Waals surface area contributed by atoms with E-state index >= 15 is 0 Å². The van der Waals surface area contributed by atoms with E-state index < -0.39 is 0 Å². The fourth-order valence-corrected chi connectivity index (χ4v) is 2.54. The van der Waals surface area contributed by atoms with Crippen molar-refractivity contribution in [3.63, 3.8) is 0 Å². The lowest BCUT2D eigenvalue weighted by atomic mass is 9.87. The number of hydrogen-bond acceptors (Lipinski definition) is 2. The van der Waals surface area contributed by atoms with E-state index in [0.29, 0.717) is 6.04 Å². The molecule has 3 rings (SSSR count). The second-order valence-electron chi connectivity index (χ2n) is 4.87. The summed E-state index contributed by atoms with van der Waals surface area (Å²) in [6.07, 6.45) is 6.32. The molecule has 0 bridgehead atoms. The second kappa shape index (κ2) is 3.53. The number of benzene rings is 1. The summed E-state index contributed by atoms with van der Waals surface area (Å²) in [6, 6.07) is 7.79. The Morgan fingerprint density at radius 3 is 2.80 bits per heavy atom. The van der Waals surface area contributed by atoms with Gasteiger partial charge in [0.2, 0.25) is 0 Å². The number of nitrogen functional groups attached to an aromatic ring is 1. The fraction of sp³-hybridized carbons (Fsp3) is 0.538. The summed E-state index contributed by atoms with van der Waals surface area (Å²) in [4.78, 5) is 0. The normalized spacial score (nSPS) is 24.9. The zero-order valence-corrected chi connectivity index (χ0v) is 9.00. The minimum absolute atomic E-state index is 0.662. The van der Waals surface area contributed by atoms with Crippen LogP contribution >= 0.6 is 0 Å². The predicted octanol–water partition coefficient (Wildman–Crippen LogP) is 1.88. The van der Waals surface area contributed by atoms with Crippen molar-refractivity contribution < 1.29 is 0 Å². The van der Waals surface area contributed by atoms with E-state index in [1.54, 1.807) is 0 Å². The van der Waals surface area contributed by atoms with Crippen molar-refractivity contribution in [1.82, 2.24) is 5.32 Å². The maximum Gasteiger partial charge on any atom is 0.0349 e. The maximum atomic E-state index is 6.02. The molecule has 80 valence electrons. The molecule has 1 saturated carbocycles. The highest BCUT2D eigenvalue weighted by atomic mass is 15.0. The highest BCUT2D eigenvalue weighted by molar-refractivity contribution is 5.52. The molecule has 2 nitrogen and oxygen atoms in total. The summed E-state index contributed by atoms with van der Waals surface area (Å²) in [7, 11) is 0. The van der Waals surface area contributed by atoms with Gasteiger partial charge in [0.05, 0.1) is 0 Å². The second-order valence-corrected chi connectivity index (χ2v) is 4.87. The van der Waals surface area contributed by atoms with Gasteiger partial charge >= 0.3 is 0 Å². The monoisotopic (exact) mass is 202 g/mol. The molecule has 0 aliphatic heterocycles. The Bertz CT molecular complexity index is 369. The molecule has 0 spiro atoms. The van der Waals surface area contributed by atoms with Crippen LogP contribution in [0.5, 0.6) is 0 Å².